The highest BCUT2D eigenvalue weighted by molar-refractivity contribution is 5.89. The number of rotatable bonds is 2. The van der Waals surface area contributed by atoms with E-state index in [4.69, 9.17) is 5.11 Å². The number of carbonyl (C=O) groups is 1. The number of hydrogen-bond acceptors (Lipinski definition) is 3. The van der Waals surface area contributed by atoms with Crippen LogP contribution >= 0.6 is 12.4 Å². The second kappa shape index (κ2) is 5.84. The lowest BCUT2D eigenvalue weighted by molar-refractivity contribution is 0.0694. The zero-order valence-corrected chi connectivity index (χ0v) is 9.59. The number of carboxylic acids is 1. The number of benzene rings is 1. The van der Waals surface area contributed by atoms with Gasteiger partial charge >= 0.3 is 5.97 Å². The standard InChI is InChI=1S/C11H14N2O2.ClH/c14-11(15)9-4-2-1-3-8(9)10-7-12-5-6-13-10;/h1-4,10,12-13H,5-7H2,(H,14,15);1H/t10-;/m0./s1. The van der Waals surface area contributed by atoms with Crippen molar-refractivity contribution >= 4 is 18.4 Å². The topological polar surface area (TPSA) is 61.4 Å². The molecule has 1 aliphatic rings. The lowest BCUT2D eigenvalue weighted by Gasteiger charge is -2.25. The van der Waals surface area contributed by atoms with Crippen molar-refractivity contribution in [3.05, 3.63) is 35.4 Å². The molecule has 1 heterocycles. The predicted molar refractivity (Wildman–Crippen MR) is 64.3 cm³/mol. The Bertz CT molecular complexity index is 365. The van der Waals surface area contributed by atoms with E-state index in [1.165, 1.54) is 0 Å². The molecule has 1 aliphatic heterocycles. The van der Waals surface area contributed by atoms with Crippen molar-refractivity contribution in [2.45, 2.75) is 6.04 Å². The van der Waals surface area contributed by atoms with E-state index in [1.54, 1.807) is 12.1 Å². The fraction of sp³-hybridized carbons (Fsp3) is 0.364. The van der Waals surface area contributed by atoms with E-state index >= 15 is 0 Å². The van der Waals surface area contributed by atoms with Crippen molar-refractivity contribution in [2.24, 2.45) is 0 Å². The summed E-state index contributed by atoms with van der Waals surface area (Å²) in [7, 11) is 0. The molecule has 0 spiro atoms. The molecule has 0 radical (unpaired) electrons. The number of nitrogens with one attached hydrogen (secondary N) is 2. The first-order valence-electron chi connectivity index (χ1n) is 5.05. The smallest absolute Gasteiger partial charge is 0.336 e. The average Bonchev–Trinajstić information content (AvgIpc) is 2.30. The molecule has 0 unspecified atom stereocenters. The van der Waals surface area contributed by atoms with E-state index in [9.17, 15) is 4.79 Å². The normalized spacial score (nSPS) is 19.9. The van der Waals surface area contributed by atoms with Crippen LogP contribution in [0.15, 0.2) is 24.3 Å². The first-order valence-corrected chi connectivity index (χ1v) is 5.05. The minimum atomic E-state index is -0.863. The molecule has 1 aromatic rings. The summed E-state index contributed by atoms with van der Waals surface area (Å²) in [5.74, 6) is -0.863. The van der Waals surface area contributed by atoms with Gasteiger partial charge in [0.25, 0.3) is 0 Å². The van der Waals surface area contributed by atoms with Crippen LogP contribution < -0.4 is 10.6 Å². The van der Waals surface area contributed by atoms with Gasteiger partial charge in [-0.2, -0.15) is 0 Å². The van der Waals surface area contributed by atoms with Crippen LogP contribution in [0.5, 0.6) is 0 Å². The molecule has 1 fully saturated rings. The molecular formula is C11H15ClN2O2. The zero-order valence-electron chi connectivity index (χ0n) is 8.77. The molecule has 4 nitrogen and oxygen atoms in total. The highest BCUT2D eigenvalue weighted by Crippen LogP contribution is 2.18. The third kappa shape index (κ3) is 2.72. The van der Waals surface area contributed by atoms with E-state index in [2.05, 4.69) is 10.6 Å². The fourth-order valence-electron chi connectivity index (χ4n) is 1.87. The number of halogens is 1. The number of carboxylic acid groups (broad SMARTS) is 1. The zero-order chi connectivity index (χ0) is 10.7. The van der Waals surface area contributed by atoms with Gasteiger partial charge in [0.2, 0.25) is 0 Å². The molecule has 0 bridgehead atoms. The molecule has 0 amide bonds. The molecular weight excluding hydrogens is 228 g/mol. The Morgan fingerprint density at radius 1 is 1.31 bits per heavy atom. The van der Waals surface area contributed by atoms with Crippen molar-refractivity contribution in [3.63, 3.8) is 0 Å². The third-order valence-electron chi connectivity index (χ3n) is 2.61. The van der Waals surface area contributed by atoms with Gasteiger partial charge in [0.15, 0.2) is 0 Å². The van der Waals surface area contributed by atoms with Crippen molar-refractivity contribution < 1.29 is 9.90 Å². The van der Waals surface area contributed by atoms with Crippen LogP contribution in [0.3, 0.4) is 0 Å². The second-order valence-corrected chi connectivity index (χ2v) is 3.60. The van der Waals surface area contributed by atoms with Gasteiger partial charge in [-0.1, -0.05) is 18.2 Å². The van der Waals surface area contributed by atoms with Crippen LogP contribution in [0.1, 0.15) is 22.0 Å². The maximum atomic E-state index is 11.0. The van der Waals surface area contributed by atoms with Gasteiger partial charge in [-0.3, -0.25) is 0 Å². The van der Waals surface area contributed by atoms with E-state index in [-0.39, 0.29) is 18.4 Å². The molecule has 1 atom stereocenters. The van der Waals surface area contributed by atoms with E-state index in [0.29, 0.717) is 5.56 Å². The van der Waals surface area contributed by atoms with Gasteiger partial charge in [0.05, 0.1) is 5.56 Å². The van der Waals surface area contributed by atoms with Crippen LogP contribution in [-0.4, -0.2) is 30.7 Å². The van der Waals surface area contributed by atoms with Gasteiger partial charge in [-0.25, -0.2) is 4.79 Å². The highest BCUT2D eigenvalue weighted by Gasteiger charge is 2.19. The summed E-state index contributed by atoms with van der Waals surface area (Å²) in [6.07, 6.45) is 0. The van der Waals surface area contributed by atoms with Crippen molar-refractivity contribution in [1.29, 1.82) is 0 Å². The van der Waals surface area contributed by atoms with Crippen LogP contribution in [-0.2, 0) is 0 Å². The third-order valence-corrected chi connectivity index (χ3v) is 2.61. The Labute approximate surface area is 100 Å². The molecule has 16 heavy (non-hydrogen) atoms. The minimum absolute atomic E-state index is 0. The van der Waals surface area contributed by atoms with Crippen molar-refractivity contribution in [2.75, 3.05) is 19.6 Å². The first kappa shape index (κ1) is 13.0. The summed E-state index contributed by atoms with van der Waals surface area (Å²) in [5.41, 5.74) is 1.25. The van der Waals surface area contributed by atoms with Crippen LogP contribution in [0.25, 0.3) is 0 Å². The van der Waals surface area contributed by atoms with Gasteiger partial charge in [0.1, 0.15) is 0 Å². The summed E-state index contributed by atoms with van der Waals surface area (Å²) < 4.78 is 0. The summed E-state index contributed by atoms with van der Waals surface area (Å²) in [5, 5.41) is 15.6. The average molecular weight is 243 g/mol. The van der Waals surface area contributed by atoms with E-state index < -0.39 is 5.97 Å². The summed E-state index contributed by atoms with van der Waals surface area (Å²) in [6, 6.07) is 7.25. The van der Waals surface area contributed by atoms with Crippen molar-refractivity contribution in [3.8, 4) is 0 Å². The number of hydrogen-bond donors (Lipinski definition) is 3. The number of aromatic carboxylic acids is 1. The Kier molecular flexibility index (Phi) is 4.73. The molecule has 0 aromatic heterocycles. The van der Waals surface area contributed by atoms with Gasteiger partial charge in [-0.05, 0) is 11.6 Å². The Morgan fingerprint density at radius 2 is 2.06 bits per heavy atom. The van der Waals surface area contributed by atoms with Crippen LogP contribution in [0.2, 0.25) is 0 Å². The minimum Gasteiger partial charge on any atom is -0.478 e. The van der Waals surface area contributed by atoms with E-state index in [1.807, 2.05) is 12.1 Å². The van der Waals surface area contributed by atoms with Crippen molar-refractivity contribution in [1.82, 2.24) is 10.6 Å². The Balaban J connectivity index is 0.00000128. The highest BCUT2D eigenvalue weighted by atomic mass is 35.5. The Hall–Kier alpha value is -1.10. The summed E-state index contributed by atoms with van der Waals surface area (Å²) in [4.78, 5) is 11.0. The maximum absolute atomic E-state index is 11.0. The largest absolute Gasteiger partial charge is 0.478 e. The monoisotopic (exact) mass is 242 g/mol. The fourth-order valence-corrected chi connectivity index (χ4v) is 1.87. The number of piperazine rings is 1. The molecule has 0 saturated carbocycles. The summed E-state index contributed by atoms with van der Waals surface area (Å²) >= 11 is 0. The molecule has 2 rings (SSSR count). The molecule has 3 N–H and O–H groups in total. The van der Waals surface area contributed by atoms with Crippen LogP contribution in [0, 0.1) is 0 Å². The molecule has 1 saturated heterocycles. The molecule has 0 aliphatic carbocycles. The molecule has 88 valence electrons. The van der Waals surface area contributed by atoms with Gasteiger partial charge < -0.3 is 15.7 Å². The van der Waals surface area contributed by atoms with E-state index in [0.717, 1.165) is 25.2 Å². The van der Waals surface area contributed by atoms with Crippen LogP contribution in [0.4, 0.5) is 0 Å². The maximum Gasteiger partial charge on any atom is 0.336 e. The van der Waals surface area contributed by atoms with Gasteiger partial charge in [0, 0.05) is 25.7 Å². The predicted octanol–water partition coefficient (Wildman–Crippen LogP) is 1.04. The lowest BCUT2D eigenvalue weighted by Crippen LogP contribution is -2.43. The summed E-state index contributed by atoms with van der Waals surface area (Å²) in [6.45, 7) is 2.59. The quantitative estimate of drug-likeness (QED) is 0.725. The SMILES string of the molecule is Cl.O=C(O)c1ccccc1[C@@H]1CNCCN1. The molecule has 5 heteroatoms. The first-order chi connectivity index (χ1) is 7.29. The second-order valence-electron chi connectivity index (χ2n) is 3.60. The Morgan fingerprint density at radius 3 is 2.69 bits per heavy atom. The lowest BCUT2D eigenvalue weighted by atomic mass is 9.99. The molecule has 1 aromatic carbocycles. The van der Waals surface area contributed by atoms with Gasteiger partial charge in [-0.15, -0.1) is 12.4 Å².